The fraction of sp³-hybridized carbons (Fsp3) is 0.423. The Bertz CT molecular complexity index is 1280. The molecule has 1 aromatic heterocycles. The van der Waals surface area contributed by atoms with Gasteiger partial charge in [-0.3, -0.25) is 9.59 Å². The second-order valence-corrected chi connectivity index (χ2v) is 12.0. The van der Waals surface area contributed by atoms with Crippen LogP contribution in [0.3, 0.4) is 0 Å². The van der Waals surface area contributed by atoms with Crippen molar-refractivity contribution in [2.45, 2.75) is 63.4 Å². The van der Waals surface area contributed by atoms with Crippen LogP contribution in [0.4, 0.5) is 11.4 Å². The number of carbonyl (C=O) groups excluding carboxylic acids is 2. The van der Waals surface area contributed by atoms with Crippen molar-refractivity contribution in [3.05, 3.63) is 52.0 Å². The highest BCUT2D eigenvalue weighted by Crippen LogP contribution is 2.31. The van der Waals surface area contributed by atoms with Crippen molar-refractivity contribution in [1.29, 1.82) is 0 Å². The molecule has 2 amide bonds. The molecule has 11 heteroatoms. The normalized spacial score (nSPS) is 14.1. The van der Waals surface area contributed by atoms with Crippen LogP contribution in [0.15, 0.2) is 41.6 Å². The molecule has 196 valence electrons. The van der Waals surface area contributed by atoms with Crippen molar-refractivity contribution >= 4 is 58.2 Å². The minimum absolute atomic E-state index is 0.0120. The van der Waals surface area contributed by atoms with Gasteiger partial charge >= 0.3 is 0 Å². The van der Waals surface area contributed by atoms with Crippen molar-refractivity contribution in [3.63, 3.8) is 0 Å². The van der Waals surface area contributed by atoms with E-state index in [1.807, 2.05) is 18.2 Å². The number of anilines is 2. The minimum atomic E-state index is -0.270. The van der Waals surface area contributed by atoms with Crippen molar-refractivity contribution < 1.29 is 9.59 Å². The molecule has 37 heavy (non-hydrogen) atoms. The Morgan fingerprint density at radius 1 is 1.03 bits per heavy atom. The lowest BCUT2D eigenvalue weighted by Crippen LogP contribution is -2.16. The second kappa shape index (κ2) is 11.8. The van der Waals surface area contributed by atoms with Gasteiger partial charge in [0.25, 0.3) is 0 Å². The molecular formula is C26H30Cl2N6O2S. The first-order valence-corrected chi connectivity index (χ1v) is 13.9. The molecule has 0 radical (unpaired) electrons. The SMILES string of the molecule is CC(C)(C)c1ccc(-n2nnnc2SCC(=O)Nc2ccc(NC(=O)CC3CCCC3)cc2Cl)c(Cl)c1. The van der Waals surface area contributed by atoms with E-state index in [0.29, 0.717) is 44.6 Å². The molecule has 0 saturated heterocycles. The van der Waals surface area contributed by atoms with Gasteiger partial charge in [0.05, 0.1) is 27.2 Å². The van der Waals surface area contributed by atoms with Crippen LogP contribution in [0.5, 0.6) is 0 Å². The van der Waals surface area contributed by atoms with Gasteiger partial charge in [0.2, 0.25) is 17.0 Å². The summed E-state index contributed by atoms with van der Waals surface area (Å²) >= 11 is 14.1. The lowest BCUT2D eigenvalue weighted by Gasteiger charge is -2.20. The molecule has 0 spiro atoms. The summed E-state index contributed by atoms with van der Waals surface area (Å²) in [5.41, 5.74) is 2.75. The fourth-order valence-corrected chi connectivity index (χ4v) is 5.44. The number of tetrazole rings is 1. The molecule has 1 aliphatic rings. The molecule has 2 N–H and O–H groups in total. The van der Waals surface area contributed by atoms with Gasteiger partial charge in [-0.25, -0.2) is 0 Å². The smallest absolute Gasteiger partial charge is 0.234 e. The van der Waals surface area contributed by atoms with Crippen LogP contribution in [0.25, 0.3) is 5.69 Å². The zero-order chi connectivity index (χ0) is 26.6. The van der Waals surface area contributed by atoms with Gasteiger partial charge in [-0.15, -0.1) is 5.10 Å². The maximum atomic E-state index is 12.6. The Labute approximate surface area is 230 Å². The van der Waals surface area contributed by atoms with E-state index in [1.54, 1.807) is 18.2 Å². The number of hydrogen-bond donors (Lipinski definition) is 2. The van der Waals surface area contributed by atoms with E-state index >= 15 is 0 Å². The van der Waals surface area contributed by atoms with Crippen molar-refractivity contribution in [1.82, 2.24) is 20.2 Å². The summed E-state index contributed by atoms with van der Waals surface area (Å²) in [5.74, 6) is 0.246. The number of nitrogens with zero attached hydrogens (tertiary/aromatic N) is 4. The predicted molar refractivity (Wildman–Crippen MR) is 149 cm³/mol. The Balaban J connectivity index is 1.34. The summed E-state index contributed by atoms with van der Waals surface area (Å²) in [7, 11) is 0. The van der Waals surface area contributed by atoms with E-state index in [2.05, 4.69) is 46.9 Å². The Hall–Kier alpha value is -2.62. The number of halogens is 2. The van der Waals surface area contributed by atoms with E-state index in [9.17, 15) is 9.59 Å². The van der Waals surface area contributed by atoms with E-state index in [1.165, 1.54) is 29.3 Å². The van der Waals surface area contributed by atoms with Crippen molar-refractivity contribution in [3.8, 4) is 5.69 Å². The van der Waals surface area contributed by atoms with Gasteiger partial charge in [0.1, 0.15) is 0 Å². The predicted octanol–water partition coefficient (Wildman–Crippen LogP) is 6.52. The molecule has 1 aliphatic carbocycles. The van der Waals surface area contributed by atoms with E-state index in [-0.39, 0.29) is 23.0 Å². The van der Waals surface area contributed by atoms with Crippen molar-refractivity contribution in [2.24, 2.45) is 5.92 Å². The molecule has 1 heterocycles. The summed E-state index contributed by atoms with van der Waals surface area (Å²) in [6, 6.07) is 10.8. The molecular weight excluding hydrogens is 531 g/mol. The molecule has 1 saturated carbocycles. The molecule has 0 atom stereocenters. The van der Waals surface area contributed by atoms with Gasteiger partial charge in [-0.2, -0.15) is 4.68 Å². The fourth-order valence-electron chi connectivity index (χ4n) is 4.26. The molecule has 0 unspecified atom stereocenters. The standard InChI is InChI=1S/C26H30Cl2N6O2S/c1-26(2,3)17-8-11-22(20(28)13-17)34-25(31-32-33-34)37-15-24(36)30-21-10-9-18(14-19(21)27)29-23(35)12-16-6-4-5-7-16/h8-11,13-14,16H,4-7,12,15H2,1-3H3,(H,29,35)(H,30,36). The Morgan fingerprint density at radius 2 is 1.78 bits per heavy atom. The molecule has 8 nitrogen and oxygen atoms in total. The number of benzene rings is 2. The average molecular weight is 562 g/mol. The highest BCUT2D eigenvalue weighted by molar-refractivity contribution is 7.99. The average Bonchev–Trinajstić information content (AvgIpc) is 3.51. The minimum Gasteiger partial charge on any atom is -0.326 e. The van der Waals surface area contributed by atoms with Gasteiger partial charge in [0.15, 0.2) is 0 Å². The summed E-state index contributed by atoms with van der Waals surface area (Å²) in [6.07, 6.45) is 5.15. The first-order valence-electron chi connectivity index (χ1n) is 12.2. The van der Waals surface area contributed by atoms with Crippen LogP contribution < -0.4 is 10.6 Å². The Morgan fingerprint density at radius 3 is 2.46 bits per heavy atom. The number of thioether (sulfide) groups is 1. The monoisotopic (exact) mass is 560 g/mol. The highest BCUT2D eigenvalue weighted by Gasteiger charge is 2.20. The van der Waals surface area contributed by atoms with Crippen LogP contribution in [-0.4, -0.2) is 37.8 Å². The third-order valence-corrected chi connectivity index (χ3v) is 7.83. The number of rotatable bonds is 8. The topological polar surface area (TPSA) is 102 Å². The quantitative estimate of drug-likeness (QED) is 0.304. The van der Waals surface area contributed by atoms with Crippen LogP contribution >= 0.6 is 35.0 Å². The van der Waals surface area contributed by atoms with E-state index < -0.39 is 0 Å². The molecule has 0 aliphatic heterocycles. The largest absolute Gasteiger partial charge is 0.326 e. The lowest BCUT2D eigenvalue weighted by atomic mass is 9.87. The summed E-state index contributed by atoms with van der Waals surface area (Å²) in [6.45, 7) is 6.34. The first-order chi connectivity index (χ1) is 17.6. The zero-order valence-corrected chi connectivity index (χ0v) is 23.4. The number of hydrogen-bond acceptors (Lipinski definition) is 6. The van der Waals surface area contributed by atoms with Gasteiger partial charge < -0.3 is 10.6 Å². The number of nitrogens with one attached hydrogen (secondary N) is 2. The van der Waals surface area contributed by atoms with E-state index in [0.717, 1.165) is 18.4 Å². The third-order valence-electron chi connectivity index (χ3n) is 6.29. The van der Waals surface area contributed by atoms with Gasteiger partial charge in [-0.1, -0.05) is 74.6 Å². The number of carbonyl (C=O) groups is 2. The number of aromatic nitrogens is 4. The lowest BCUT2D eigenvalue weighted by molar-refractivity contribution is -0.117. The summed E-state index contributed by atoms with van der Waals surface area (Å²) in [5, 5.41) is 18.8. The zero-order valence-electron chi connectivity index (χ0n) is 21.1. The number of amides is 2. The third kappa shape index (κ3) is 7.24. The van der Waals surface area contributed by atoms with Gasteiger partial charge in [-0.05, 0) is 70.5 Å². The molecule has 0 bridgehead atoms. The Kier molecular flexibility index (Phi) is 8.77. The molecule has 3 aromatic rings. The second-order valence-electron chi connectivity index (χ2n) is 10.2. The molecule has 1 fully saturated rings. The van der Waals surface area contributed by atoms with Crippen LogP contribution in [0.1, 0.15) is 58.4 Å². The van der Waals surface area contributed by atoms with Crippen molar-refractivity contribution in [2.75, 3.05) is 16.4 Å². The van der Waals surface area contributed by atoms with Crippen LogP contribution in [0, 0.1) is 5.92 Å². The van der Waals surface area contributed by atoms with Gasteiger partial charge in [0, 0.05) is 12.1 Å². The molecule has 2 aromatic carbocycles. The van der Waals surface area contributed by atoms with Crippen LogP contribution in [0.2, 0.25) is 10.0 Å². The van der Waals surface area contributed by atoms with E-state index in [4.69, 9.17) is 23.2 Å². The molecule has 4 rings (SSSR count). The maximum Gasteiger partial charge on any atom is 0.234 e. The first kappa shape index (κ1) is 27.4. The highest BCUT2D eigenvalue weighted by atomic mass is 35.5. The van der Waals surface area contributed by atoms with Crippen LogP contribution in [-0.2, 0) is 15.0 Å². The maximum absolute atomic E-state index is 12.6. The summed E-state index contributed by atoms with van der Waals surface area (Å²) in [4.78, 5) is 24.9. The summed E-state index contributed by atoms with van der Waals surface area (Å²) < 4.78 is 1.52.